The van der Waals surface area contributed by atoms with E-state index in [9.17, 15) is 4.79 Å². The van der Waals surface area contributed by atoms with Crippen LogP contribution in [0.5, 0.6) is 0 Å². The third kappa shape index (κ3) is 0.235. The summed E-state index contributed by atoms with van der Waals surface area (Å²) in [6, 6.07) is 0.00463. The highest BCUT2D eigenvalue weighted by molar-refractivity contribution is 5.78. The lowest BCUT2D eigenvalue weighted by molar-refractivity contribution is 0.143. The molecular weight excluding hydrogens is 94.1 g/mol. The van der Waals surface area contributed by atoms with Crippen molar-refractivity contribution in [3.8, 4) is 0 Å². The number of amides is 2. The van der Waals surface area contributed by atoms with Gasteiger partial charge in [0.15, 0.2) is 0 Å². The monoisotopic (exact) mass is 99.0 g/mol. The molecule has 0 saturated carbocycles. The summed E-state index contributed by atoms with van der Waals surface area (Å²) >= 11 is 0. The van der Waals surface area contributed by atoms with E-state index in [0.717, 1.165) is 6.54 Å². The molecule has 0 aromatic rings. The molecule has 7 heavy (non-hydrogen) atoms. The fourth-order valence-electron chi connectivity index (χ4n) is 0.798. The Labute approximate surface area is 40.4 Å². The standard InChI is InChI=1S/C3H5N3O/c7-3-4-2-1-6(3)5-2/h2,5H,1H2,(H,4,7). The number of carbonyl (C=O) groups excluding carboxylic acids is 1. The van der Waals surface area contributed by atoms with Crippen LogP contribution in [0.1, 0.15) is 0 Å². The average molecular weight is 99.1 g/mol. The third-order valence-electron chi connectivity index (χ3n) is 1.22. The molecule has 2 bridgehead atoms. The Kier molecular flexibility index (Phi) is 0.346. The van der Waals surface area contributed by atoms with Gasteiger partial charge in [-0.3, -0.25) is 5.01 Å². The molecule has 1 atom stereocenters. The lowest BCUT2D eigenvalue weighted by atomic mass is 10.5. The highest BCUT2D eigenvalue weighted by atomic mass is 16.2. The van der Waals surface area contributed by atoms with Gasteiger partial charge < -0.3 is 5.32 Å². The van der Waals surface area contributed by atoms with Gasteiger partial charge in [-0.2, -0.15) is 0 Å². The van der Waals surface area contributed by atoms with Crippen molar-refractivity contribution in [1.82, 2.24) is 15.8 Å². The first-order valence-corrected chi connectivity index (χ1v) is 2.20. The molecule has 3 heterocycles. The molecule has 3 aliphatic rings. The Morgan fingerprint density at radius 2 is 2.57 bits per heavy atom. The quantitative estimate of drug-likeness (QED) is 0.403. The Balaban J connectivity index is 2.27. The Morgan fingerprint density at radius 1 is 1.86 bits per heavy atom. The molecule has 3 rings (SSSR count). The van der Waals surface area contributed by atoms with Crippen molar-refractivity contribution in [3.63, 3.8) is 0 Å². The molecule has 0 aromatic carbocycles. The van der Waals surface area contributed by atoms with Crippen molar-refractivity contribution in [2.45, 2.75) is 6.17 Å². The SMILES string of the molecule is O=C1NC2CN1N2. The van der Waals surface area contributed by atoms with E-state index < -0.39 is 0 Å². The first-order valence-electron chi connectivity index (χ1n) is 2.20. The van der Waals surface area contributed by atoms with Crippen LogP contribution < -0.4 is 10.7 Å². The molecule has 0 radical (unpaired) electrons. The Bertz CT molecular complexity index is 117. The molecule has 0 aliphatic carbocycles. The first kappa shape index (κ1) is 3.26. The minimum Gasteiger partial charge on any atom is -0.318 e. The van der Waals surface area contributed by atoms with E-state index in [1.165, 1.54) is 0 Å². The van der Waals surface area contributed by atoms with E-state index in [1.54, 1.807) is 5.01 Å². The second kappa shape index (κ2) is 0.742. The van der Waals surface area contributed by atoms with Gasteiger partial charge in [-0.15, -0.1) is 0 Å². The van der Waals surface area contributed by atoms with Crippen LogP contribution in [-0.4, -0.2) is 23.8 Å². The topological polar surface area (TPSA) is 44.4 Å². The largest absolute Gasteiger partial charge is 0.333 e. The van der Waals surface area contributed by atoms with Crippen molar-refractivity contribution in [3.05, 3.63) is 0 Å². The van der Waals surface area contributed by atoms with Gasteiger partial charge in [0.1, 0.15) is 6.17 Å². The zero-order valence-corrected chi connectivity index (χ0v) is 3.64. The van der Waals surface area contributed by atoms with E-state index in [4.69, 9.17) is 0 Å². The number of nitrogens with one attached hydrogen (secondary N) is 2. The van der Waals surface area contributed by atoms with Crippen molar-refractivity contribution >= 4 is 6.03 Å². The van der Waals surface area contributed by atoms with E-state index in [0.29, 0.717) is 0 Å². The molecule has 1 unspecified atom stereocenters. The molecule has 3 fully saturated rings. The molecule has 3 saturated heterocycles. The molecule has 2 amide bonds. The third-order valence-corrected chi connectivity index (χ3v) is 1.22. The fourth-order valence-corrected chi connectivity index (χ4v) is 0.798. The van der Waals surface area contributed by atoms with Crippen LogP contribution in [0.2, 0.25) is 0 Å². The minimum atomic E-state index is 0.00463. The van der Waals surface area contributed by atoms with Gasteiger partial charge in [-0.25, -0.2) is 10.2 Å². The van der Waals surface area contributed by atoms with Gasteiger partial charge in [0.2, 0.25) is 0 Å². The van der Waals surface area contributed by atoms with Crippen LogP contribution >= 0.6 is 0 Å². The molecule has 3 aliphatic heterocycles. The van der Waals surface area contributed by atoms with Gasteiger partial charge in [0.25, 0.3) is 0 Å². The lowest BCUT2D eigenvalue weighted by Crippen LogP contribution is -2.54. The smallest absolute Gasteiger partial charge is 0.318 e. The lowest BCUT2D eigenvalue weighted by Gasteiger charge is -2.25. The second-order valence-corrected chi connectivity index (χ2v) is 1.74. The van der Waals surface area contributed by atoms with Gasteiger partial charge in [0.05, 0.1) is 6.54 Å². The van der Waals surface area contributed by atoms with Crippen molar-refractivity contribution in [1.29, 1.82) is 0 Å². The maximum atomic E-state index is 10.4. The molecule has 4 heteroatoms. The van der Waals surface area contributed by atoms with Gasteiger partial charge >= 0.3 is 6.03 Å². The number of urea groups is 1. The predicted octanol–water partition coefficient (Wildman–Crippen LogP) is -1.14. The molecular formula is C3H5N3O. The highest BCUT2D eigenvalue weighted by Crippen LogP contribution is 2.07. The second-order valence-electron chi connectivity index (χ2n) is 1.74. The number of hydrazine groups is 1. The molecule has 2 N–H and O–H groups in total. The Morgan fingerprint density at radius 3 is 2.71 bits per heavy atom. The summed E-state index contributed by atoms with van der Waals surface area (Å²) < 4.78 is 0. The first-order chi connectivity index (χ1) is 3.36. The van der Waals surface area contributed by atoms with Gasteiger partial charge in [-0.05, 0) is 0 Å². The van der Waals surface area contributed by atoms with Crippen LogP contribution in [0.3, 0.4) is 0 Å². The number of hydrogen-bond donors (Lipinski definition) is 2. The van der Waals surface area contributed by atoms with Gasteiger partial charge in [-0.1, -0.05) is 0 Å². The summed E-state index contributed by atoms with van der Waals surface area (Å²) in [6.07, 6.45) is 0.243. The minimum absolute atomic E-state index is 0.00463. The molecule has 38 valence electrons. The normalized spacial score (nSPS) is 35.1. The summed E-state index contributed by atoms with van der Waals surface area (Å²) in [4.78, 5) is 10.4. The highest BCUT2D eigenvalue weighted by Gasteiger charge is 2.39. The average Bonchev–Trinajstić information content (AvgIpc) is 1.85. The van der Waals surface area contributed by atoms with Crippen molar-refractivity contribution in [2.75, 3.05) is 6.54 Å². The number of carbonyl (C=O) groups is 1. The Hall–Kier alpha value is -0.770. The van der Waals surface area contributed by atoms with E-state index in [2.05, 4.69) is 10.7 Å². The van der Waals surface area contributed by atoms with Crippen LogP contribution in [-0.2, 0) is 0 Å². The summed E-state index contributed by atoms with van der Waals surface area (Å²) in [6.45, 7) is 0.832. The number of fused-ring (bicyclic) bond motifs is 1. The van der Waals surface area contributed by atoms with Crippen LogP contribution in [0.4, 0.5) is 4.79 Å². The van der Waals surface area contributed by atoms with E-state index in [-0.39, 0.29) is 12.2 Å². The van der Waals surface area contributed by atoms with Crippen LogP contribution in [0.15, 0.2) is 0 Å². The van der Waals surface area contributed by atoms with E-state index in [1.807, 2.05) is 0 Å². The summed E-state index contributed by atoms with van der Waals surface area (Å²) in [5.41, 5.74) is 2.84. The fraction of sp³-hybridized carbons (Fsp3) is 0.667. The van der Waals surface area contributed by atoms with Crippen LogP contribution in [0.25, 0.3) is 0 Å². The summed E-state index contributed by atoms with van der Waals surface area (Å²) in [5.74, 6) is 0. The van der Waals surface area contributed by atoms with E-state index >= 15 is 0 Å². The molecule has 0 aromatic heterocycles. The summed E-state index contributed by atoms with van der Waals surface area (Å²) in [5, 5.41) is 4.21. The zero-order chi connectivity index (χ0) is 4.85. The van der Waals surface area contributed by atoms with Crippen LogP contribution in [0, 0.1) is 0 Å². The van der Waals surface area contributed by atoms with Crippen molar-refractivity contribution in [2.24, 2.45) is 0 Å². The number of rotatable bonds is 0. The number of hydrogen-bond acceptors (Lipinski definition) is 2. The van der Waals surface area contributed by atoms with Crippen molar-refractivity contribution < 1.29 is 4.79 Å². The maximum Gasteiger partial charge on any atom is 0.333 e. The molecule has 4 nitrogen and oxygen atoms in total. The summed E-state index contributed by atoms with van der Waals surface area (Å²) in [7, 11) is 0. The molecule has 0 spiro atoms. The predicted molar refractivity (Wildman–Crippen MR) is 22.2 cm³/mol. The zero-order valence-electron chi connectivity index (χ0n) is 3.64. The maximum absolute atomic E-state index is 10.4. The van der Waals surface area contributed by atoms with Gasteiger partial charge in [0, 0.05) is 0 Å². The number of nitrogens with zero attached hydrogens (tertiary/aromatic N) is 1.